The molecule has 0 radical (unpaired) electrons. The molecule has 0 aliphatic carbocycles. The van der Waals surface area contributed by atoms with Gasteiger partial charge < -0.3 is 19.9 Å². The zero-order valence-electron chi connectivity index (χ0n) is 19.1. The minimum Gasteiger partial charge on any atom is -0.374 e. The van der Waals surface area contributed by atoms with E-state index in [4.69, 9.17) is 4.74 Å². The van der Waals surface area contributed by atoms with Crippen molar-refractivity contribution in [2.45, 2.75) is 38.7 Å². The van der Waals surface area contributed by atoms with E-state index in [1.807, 2.05) is 30.0 Å². The summed E-state index contributed by atoms with van der Waals surface area (Å²) in [5, 5.41) is 2.91. The molecule has 2 fully saturated rings. The number of nitrogens with one attached hydrogen (secondary N) is 1. The highest BCUT2D eigenvalue weighted by Crippen LogP contribution is 2.37. The highest BCUT2D eigenvalue weighted by molar-refractivity contribution is 6.16. The third-order valence-corrected chi connectivity index (χ3v) is 6.70. The molecule has 174 valence electrons. The number of aryl methyl sites for hydroxylation is 1. The van der Waals surface area contributed by atoms with Gasteiger partial charge in [-0.1, -0.05) is 18.1 Å². The second kappa shape index (κ2) is 9.49. The summed E-state index contributed by atoms with van der Waals surface area (Å²) in [7, 11) is 0. The molecule has 1 unspecified atom stereocenters. The lowest BCUT2D eigenvalue weighted by atomic mass is 10.1. The Bertz CT molecular complexity index is 1040. The second-order valence-electron chi connectivity index (χ2n) is 9.10. The van der Waals surface area contributed by atoms with Gasteiger partial charge in [0.2, 0.25) is 0 Å². The minimum absolute atomic E-state index is 0.0112. The number of piperidine rings is 1. The molecule has 0 bridgehead atoms. The number of carbonyl (C=O) groups excluding carboxylic acids is 2. The van der Waals surface area contributed by atoms with Gasteiger partial charge in [-0.3, -0.25) is 4.79 Å². The summed E-state index contributed by atoms with van der Waals surface area (Å²) in [5.74, 6) is 0.203. The lowest BCUT2D eigenvalue weighted by molar-refractivity contribution is -0.0214. The summed E-state index contributed by atoms with van der Waals surface area (Å²) in [6.45, 7) is 6.81. The van der Waals surface area contributed by atoms with Crippen LogP contribution in [0.15, 0.2) is 36.5 Å². The van der Waals surface area contributed by atoms with Crippen LogP contribution in [0.4, 0.5) is 22.0 Å². The zero-order chi connectivity index (χ0) is 22.8. The number of amides is 3. The number of urea groups is 1. The summed E-state index contributed by atoms with van der Waals surface area (Å²) in [6.07, 6.45) is 6.42. The number of anilines is 3. The van der Waals surface area contributed by atoms with Crippen molar-refractivity contribution < 1.29 is 14.3 Å². The molecule has 3 amide bonds. The molecule has 0 saturated carbocycles. The monoisotopic (exact) mass is 449 g/mol. The Hall–Kier alpha value is -2.97. The summed E-state index contributed by atoms with van der Waals surface area (Å²) in [4.78, 5) is 37.2. The Labute approximate surface area is 194 Å². The maximum atomic E-state index is 13.9. The Morgan fingerprint density at radius 2 is 2.03 bits per heavy atom. The van der Waals surface area contributed by atoms with Crippen LogP contribution in [-0.2, 0) is 4.74 Å². The van der Waals surface area contributed by atoms with Gasteiger partial charge >= 0.3 is 6.03 Å². The lowest BCUT2D eigenvalue weighted by Crippen LogP contribution is -2.51. The predicted molar refractivity (Wildman–Crippen MR) is 127 cm³/mol. The SMILES string of the molecule is Cc1ccc2c(c1)C(=O)Nc1cccnc1N2C(=O)N1CCOC(CCN2CCCCC2)C1. The smallest absolute Gasteiger partial charge is 0.330 e. The molecule has 4 heterocycles. The molecule has 1 aromatic carbocycles. The van der Waals surface area contributed by atoms with Crippen LogP contribution in [0, 0.1) is 6.92 Å². The first-order valence-electron chi connectivity index (χ1n) is 11.9. The van der Waals surface area contributed by atoms with E-state index in [9.17, 15) is 9.59 Å². The normalized spacial score (nSPS) is 21.1. The fourth-order valence-corrected chi connectivity index (χ4v) is 4.92. The molecule has 33 heavy (non-hydrogen) atoms. The maximum absolute atomic E-state index is 13.9. The van der Waals surface area contributed by atoms with Crippen molar-refractivity contribution in [3.63, 3.8) is 0 Å². The molecular formula is C25H31N5O3. The Kier molecular flexibility index (Phi) is 6.28. The van der Waals surface area contributed by atoms with E-state index in [0.717, 1.165) is 31.6 Å². The van der Waals surface area contributed by atoms with Crippen LogP contribution in [0.25, 0.3) is 0 Å². The van der Waals surface area contributed by atoms with E-state index < -0.39 is 0 Å². The highest BCUT2D eigenvalue weighted by Gasteiger charge is 2.35. The van der Waals surface area contributed by atoms with Crippen molar-refractivity contribution in [1.82, 2.24) is 14.8 Å². The first-order chi connectivity index (χ1) is 16.1. The van der Waals surface area contributed by atoms with Crippen LogP contribution >= 0.6 is 0 Å². The summed E-state index contributed by atoms with van der Waals surface area (Å²) < 4.78 is 6.01. The van der Waals surface area contributed by atoms with Gasteiger partial charge in [0, 0.05) is 25.8 Å². The molecule has 3 aliphatic rings. The number of benzene rings is 1. The molecule has 5 rings (SSSR count). The number of likely N-dealkylation sites (tertiary alicyclic amines) is 1. The van der Waals surface area contributed by atoms with Gasteiger partial charge in [-0.25, -0.2) is 14.7 Å². The van der Waals surface area contributed by atoms with Gasteiger partial charge in [0.25, 0.3) is 5.91 Å². The minimum atomic E-state index is -0.236. The summed E-state index contributed by atoms with van der Waals surface area (Å²) >= 11 is 0. The van der Waals surface area contributed by atoms with Gasteiger partial charge in [0.15, 0.2) is 5.82 Å². The summed E-state index contributed by atoms with van der Waals surface area (Å²) in [5.41, 5.74) is 2.51. The number of hydrogen-bond donors (Lipinski definition) is 1. The quantitative estimate of drug-likeness (QED) is 0.771. The first kappa shape index (κ1) is 21.9. The Balaban J connectivity index is 1.39. The Morgan fingerprint density at radius 3 is 2.88 bits per heavy atom. The zero-order valence-corrected chi connectivity index (χ0v) is 19.1. The van der Waals surface area contributed by atoms with Crippen molar-refractivity contribution in [2.75, 3.05) is 49.5 Å². The molecule has 1 aromatic heterocycles. The largest absolute Gasteiger partial charge is 0.374 e. The fourth-order valence-electron chi connectivity index (χ4n) is 4.92. The molecule has 2 saturated heterocycles. The lowest BCUT2D eigenvalue weighted by Gasteiger charge is -2.37. The predicted octanol–water partition coefficient (Wildman–Crippen LogP) is 3.79. The van der Waals surface area contributed by atoms with Gasteiger partial charge in [-0.15, -0.1) is 0 Å². The molecule has 3 aliphatic heterocycles. The fraction of sp³-hybridized carbons (Fsp3) is 0.480. The average Bonchev–Trinajstić information content (AvgIpc) is 2.97. The van der Waals surface area contributed by atoms with Gasteiger partial charge in [0.1, 0.15) is 0 Å². The van der Waals surface area contributed by atoms with Crippen LogP contribution < -0.4 is 10.2 Å². The van der Waals surface area contributed by atoms with E-state index in [-0.39, 0.29) is 18.0 Å². The van der Waals surface area contributed by atoms with Crippen molar-refractivity contribution >= 4 is 29.1 Å². The van der Waals surface area contributed by atoms with E-state index in [1.165, 1.54) is 19.3 Å². The summed E-state index contributed by atoms with van der Waals surface area (Å²) in [6, 6.07) is 8.93. The maximum Gasteiger partial charge on any atom is 0.330 e. The number of ether oxygens (including phenoxy) is 1. The standard InChI is InChI=1S/C25H31N5O3/c1-18-7-8-22-20(16-18)24(31)27-21-6-5-10-26-23(21)30(22)25(32)29-14-15-33-19(17-29)9-13-28-11-3-2-4-12-28/h5-8,10,16,19H,2-4,9,11-15,17H2,1H3,(H,27,31). The van der Waals surface area contributed by atoms with Gasteiger partial charge in [-0.2, -0.15) is 0 Å². The molecular weight excluding hydrogens is 418 g/mol. The molecule has 1 N–H and O–H groups in total. The molecule has 2 aromatic rings. The number of carbonyl (C=O) groups is 2. The van der Waals surface area contributed by atoms with Crippen LogP contribution in [0.2, 0.25) is 0 Å². The number of pyridine rings is 1. The first-order valence-corrected chi connectivity index (χ1v) is 11.9. The number of nitrogens with zero attached hydrogens (tertiary/aromatic N) is 4. The van der Waals surface area contributed by atoms with Crippen molar-refractivity contribution in [1.29, 1.82) is 0 Å². The van der Waals surface area contributed by atoms with Gasteiger partial charge in [0.05, 0.1) is 29.6 Å². The van der Waals surface area contributed by atoms with E-state index in [1.54, 1.807) is 23.2 Å². The number of fused-ring (bicyclic) bond motifs is 2. The van der Waals surface area contributed by atoms with E-state index in [0.29, 0.717) is 42.5 Å². The van der Waals surface area contributed by atoms with Crippen molar-refractivity contribution in [3.8, 4) is 0 Å². The number of rotatable bonds is 3. The van der Waals surface area contributed by atoms with Crippen molar-refractivity contribution in [3.05, 3.63) is 47.7 Å². The molecule has 1 atom stereocenters. The van der Waals surface area contributed by atoms with E-state index in [2.05, 4.69) is 15.2 Å². The topological polar surface area (TPSA) is 78.0 Å². The number of hydrogen-bond acceptors (Lipinski definition) is 5. The van der Waals surface area contributed by atoms with E-state index >= 15 is 0 Å². The molecule has 8 heteroatoms. The van der Waals surface area contributed by atoms with Gasteiger partial charge in [-0.05, 0) is 63.5 Å². The molecule has 0 spiro atoms. The average molecular weight is 450 g/mol. The van der Waals surface area contributed by atoms with Crippen LogP contribution in [0.5, 0.6) is 0 Å². The third kappa shape index (κ3) is 4.58. The third-order valence-electron chi connectivity index (χ3n) is 6.70. The molecule has 8 nitrogen and oxygen atoms in total. The highest BCUT2D eigenvalue weighted by atomic mass is 16.5. The van der Waals surface area contributed by atoms with Crippen LogP contribution in [-0.4, -0.2) is 72.2 Å². The number of morpholine rings is 1. The van der Waals surface area contributed by atoms with Crippen LogP contribution in [0.1, 0.15) is 41.6 Å². The Morgan fingerprint density at radius 1 is 1.18 bits per heavy atom. The van der Waals surface area contributed by atoms with Crippen molar-refractivity contribution in [2.24, 2.45) is 0 Å². The number of aromatic nitrogens is 1. The van der Waals surface area contributed by atoms with Crippen LogP contribution in [0.3, 0.4) is 0 Å². The second-order valence-corrected chi connectivity index (χ2v) is 9.10.